The molecule has 1 aliphatic rings. The van der Waals surface area contributed by atoms with Gasteiger partial charge < -0.3 is 20.7 Å². The van der Waals surface area contributed by atoms with Crippen LogP contribution >= 0.6 is 24.0 Å². The molecule has 0 bridgehead atoms. The molecule has 1 amide bonds. The minimum Gasteiger partial charge on any atom is -0.382 e. The molecule has 0 radical (unpaired) electrons. The molecular formula is C22H38IN5O2. The van der Waals surface area contributed by atoms with Crippen molar-refractivity contribution < 1.29 is 9.53 Å². The molecule has 1 saturated carbocycles. The second-order valence-electron chi connectivity index (χ2n) is 7.74. The summed E-state index contributed by atoms with van der Waals surface area (Å²) in [5.41, 5.74) is 1.14. The quantitative estimate of drug-likeness (QED) is 0.175. The highest BCUT2D eigenvalue weighted by Crippen LogP contribution is 2.41. The number of aliphatic imine (C=N–C) groups is 1. The zero-order chi connectivity index (χ0) is 21.0. The van der Waals surface area contributed by atoms with Gasteiger partial charge in [-0.05, 0) is 57.6 Å². The summed E-state index contributed by atoms with van der Waals surface area (Å²) < 4.78 is 5.59. The molecule has 8 heteroatoms. The zero-order valence-corrected chi connectivity index (χ0v) is 21.0. The van der Waals surface area contributed by atoms with E-state index in [1.54, 1.807) is 6.07 Å². The van der Waals surface area contributed by atoms with E-state index in [0.717, 1.165) is 44.4 Å². The van der Waals surface area contributed by atoms with E-state index >= 15 is 0 Å². The smallest absolute Gasteiger partial charge is 0.227 e. The number of carbonyl (C=O) groups is 1. The van der Waals surface area contributed by atoms with Crippen molar-refractivity contribution in [1.29, 1.82) is 0 Å². The number of nitrogens with one attached hydrogen (secondary N) is 3. The third kappa shape index (κ3) is 9.59. The number of aryl methyl sites for hydroxylation is 1. The first-order chi connectivity index (χ1) is 14.1. The number of aromatic nitrogens is 1. The predicted molar refractivity (Wildman–Crippen MR) is 134 cm³/mol. The highest BCUT2D eigenvalue weighted by Gasteiger charge is 2.33. The second kappa shape index (κ2) is 14.6. The molecule has 1 heterocycles. The topological polar surface area (TPSA) is 87.6 Å². The van der Waals surface area contributed by atoms with Crippen LogP contribution in [-0.4, -0.2) is 49.7 Å². The van der Waals surface area contributed by atoms with Gasteiger partial charge in [0, 0.05) is 45.0 Å². The highest BCUT2D eigenvalue weighted by molar-refractivity contribution is 14.0. The molecule has 1 fully saturated rings. The van der Waals surface area contributed by atoms with Crippen LogP contribution in [0.2, 0.25) is 0 Å². The number of hydrogen-bond acceptors (Lipinski definition) is 4. The van der Waals surface area contributed by atoms with Gasteiger partial charge in [-0.1, -0.05) is 18.9 Å². The summed E-state index contributed by atoms with van der Waals surface area (Å²) in [7, 11) is 0. The molecule has 2 rings (SSSR count). The molecule has 1 aromatic rings. The summed E-state index contributed by atoms with van der Waals surface area (Å²) in [5, 5.41) is 9.40. The maximum absolute atomic E-state index is 12.2. The Morgan fingerprint density at radius 2 is 2.00 bits per heavy atom. The molecule has 3 N–H and O–H groups in total. The lowest BCUT2D eigenvalue weighted by atomic mass is 9.83. The number of nitrogens with zero attached hydrogens (tertiary/aromatic N) is 2. The Kier molecular flexibility index (Phi) is 12.9. The number of anilines is 1. The number of guanidine groups is 1. The largest absolute Gasteiger partial charge is 0.382 e. The Hall–Kier alpha value is -1.42. The number of carbonyl (C=O) groups excluding carboxylic acids is 1. The first kappa shape index (κ1) is 26.6. The Bertz CT molecular complexity index is 663. The van der Waals surface area contributed by atoms with Crippen molar-refractivity contribution in [3.63, 3.8) is 0 Å². The van der Waals surface area contributed by atoms with E-state index in [-0.39, 0.29) is 35.3 Å². The lowest BCUT2D eigenvalue weighted by Gasteiger charge is -2.27. The van der Waals surface area contributed by atoms with Crippen molar-refractivity contribution >= 4 is 41.7 Å². The summed E-state index contributed by atoms with van der Waals surface area (Å²) in [6.07, 6.45) is 6.41. The van der Waals surface area contributed by atoms with Crippen LogP contribution in [0.25, 0.3) is 0 Å². The van der Waals surface area contributed by atoms with E-state index in [9.17, 15) is 4.79 Å². The first-order valence-electron chi connectivity index (χ1n) is 10.9. The van der Waals surface area contributed by atoms with E-state index in [1.807, 2.05) is 32.9 Å². The van der Waals surface area contributed by atoms with E-state index < -0.39 is 0 Å². The van der Waals surface area contributed by atoms with Crippen LogP contribution in [0.15, 0.2) is 23.2 Å². The van der Waals surface area contributed by atoms with Crippen molar-refractivity contribution in [2.24, 2.45) is 10.4 Å². The molecule has 0 saturated heterocycles. The molecule has 0 spiro atoms. The zero-order valence-electron chi connectivity index (χ0n) is 18.6. The maximum Gasteiger partial charge on any atom is 0.227 e. The van der Waals surface area contributed by atoms with Crippen molar-refractivity contribution in [2.45, 2.75) is 59.3 Å². The molecule has 1 aromatic heterocycles. The Morgan fingerprint density at radius 1 is 1.23 bits per heavy atom. The number of amides is 1. The number of rotatable bonds is 11. The Labute approximate surface area is 198 Å². The van der Waals surface area contributed by atoms with E-state index in [4.69, 9.17) is 9.73 Å². The Morgan fingerprint density at radius 3 is 2.67 bits per heavy atom. The molecule has 0 unspecified atom stereocenters. The van der Waals surface area contributed by atoms with Gasteiger partial charge in [0.05, 0.1) is 0 Å². The molecule has 7 nitrogen and oxygen atoms in total. The van der Waals surface area contributed by atoms with Crippen LogP contribution in [-0.2, 0) is 9.53 Å². The van der Waals surface area contributed by atoms with Crippen LogP contribution < -0.4 is 16.0 Å². The first-order valence-corrected chi connectivity index (χ1v) is 10.9. The molecular weight excluding hydrogens is 493 g/mol. The van der Waals surface area contributed by atoms with Crippen molar-refractivity contribution in [1.82, 2.24) is 15.6 Å². The van der Waals surface area contributed by atoms with Crippen molar-refractivity contribution in [3.8, 4) is 0 Å². The third-order valence-corrected chi connectivity index (χ3v) is 5.36. The number of ether oxygens (including phenoxy) is 1. The fraction of sp³-hybridized carbons (Fsp3) is 0.682. The van der Waals surface area contributed by atoms with Gasteiger partial charge in [-0.3, -0.25) is 9.79 Å². The monoisotopic (exact) mass is 531 g/mol. The predicted octanol–water partition coefficient (Wildman–Crippen LogP) is 3.88. The van der Waals surface area contributed by atoms with Crippen LogP contribution in [0, 0.1) is 12.3 Å². The minimum absolute atomic E-state index is 0. The standard InChI is InChI=1S/C22H37N5O2.HI/c1-4-23-21(25-17-22(12-6-7-13-22)14-16-29-5-2)24-15-11-20(28)27-19-10-8-9-18(3)26-19;/h8-10H,4-7,11-17H2,1-3H3,(H2,23,24,25)(H,26,27,28);1H. The molecule has 170 valence electrons. The van der Waals surface area contributed by atoms with Crippen LogP contribution in [0.3, 0.4) is 0 Å². The summed E-state index contributed by atoms with van der Waals surface area (Å²) in [6.45, 7) is 9.68. The summed E-state index contributed by atoms with van der Waals surface area (Å²) >= 11 is 0. The molecule has 1 aliphatic carbocycles. The molecule has 0 aliphatic heterocycles. The van der Waals surface area contributed by atoms with Gasteiger partial charge in [0.25, 0.3) is 0 Å². The van der Waals surface area contributed by atoms with Crippen molar-refractivity contribution in [3.05, 3.63) is 23.9 Å². The summed E-state index contributed by atoms with van der Waals surface area (Å²) in [4.78, 5) is 21.3. The minimum atomic E-state index is -0.0598. The normalized spacial score (nSPS) is 15.4. The number of halogens is 1. The third-order valence-electron chi connectivity index (χ3n) is 5.36. The lowest BCUT2D eigenvalue weighted by molar-refractivity contribution is -0.116. The Balaban J connectivity index is 0.00000450. The van der Waals surface area contributed by atoms with Crippen LogP contribution in [0.4, 0.5) is 5.82 Å². The fourth-order valence-electron chi connectivity index (χ4n) is 3.75. The average Bonchev–Trinajstić information content (AvgIpc) is 3.15. The van der Waals surface area contributed by atoms with Crippen molar-refractivity contribution in [2.75, 3.05) is 38.2 Å². The van der Waals surface area contributed by atoms with E-state index in [2.05, 4.69) is 20.9 Å². The van der Waals surface area contributed by atoms with Gasteiger partial charge in [0.1, 0.15) is 5.82 Å². The molecule has 0 aromatic carbocycles. The van der Waals surface area contributed by atoms with Gasteiger partial charge in [-0.25, -0.2) is 4.98 Å². The van der Waals surface area contributed by atoms with E-state index in [0.29, 0.717) is 18.8 Å². The van der Waals surface area contributed by atoms with Gasteiger partial charge in [0.15, 0.2) is 5.96 Å². The number of pyridine rings is 1. The molecule has 30 heavy (non-hydrogen) atoms. The average molecular weight is 531 g/mol. The number of hydrogen-bond donors (Lipinski definition) is 3. The van der Waals surface area contributed by atoms with Crippen LogP contribution in [0.1, 0.15) is 58.1 Å². The fourth-order valence-corrected chi connectivity index (χ4v) is 3.75. The van der Waals surface area contributed by atoms with Gasteiger partial charge in [-0.2, -0.15) is 0 Å². The second-order valence-corrected chi connectivity index (χ2v) is 7.74. The highest BCUT2D eigenvalue weighted by atomic mass is 127. The van der Waals surface area contributed by atoms with E-state index in [1.165, 1.54) is 25.7 Å². The SMILES string of the molecule is CCNC(=NCC1(CCOCC)CCCC1)NCCC(=O)Nc1cccc(C)n1.I. The maximum atomic E-state index is 12.2. The molecule has 0 atom stereocenters. The van der Waals surface area contributed by atoms with Gasteiger partial charge in [0.2, 0.25) is 5.91 Å². The summed E-state index contributed by atoms with van der Waals surface area (Å²) in [5.74, 6) is 1.31. The summed E-state index contributed by atoms with van der Waals surface area (Å²) in [6, 6.07) is 5.59. The van der Waals surface area contributed by atoms with Gasteiger partial charge >= 0.3 is 0 Å². The lowest BCUT2D eigenvalue weighted by Crippen LogP contribution is -2.39. The van der Waals surface area contributed by atoms with Gasteiger partial charge in [-0.15, -0.1) is 24.0 Å². The van der Waals surface area contributed by atoms with Crippen LogP contribution in [0.5, 0.6) is 0 Å².